The zero-order valence-electron chi connectivity index (χ0n) is 18.4. The Labute approximate surface area is 204 Å². The monoisotopic (exact) mass is 494 g/mol. The van der Waals surface area contributed by atoms with Crippen LogP contribution in [0, 0.1) is 5.82 Å². The standard InChI is InChI=1S/C25H20ClFN4O4/c1-30(13-14-10-15(26)6-7-16(14)24(28)34)25(35)18-11-17(22(32)12-23(18)33)20-8-9-29-31(20)21-5-3-2-4-19(21)27/h2-12,32-33H,13H2,1H3,(H2,28,34). The maximum Gasteiger partial charge on any atom is 0.257 e. The molecule has 4 rings (SSSR count). The molecule has 0 unspecified atom stereocenters. The van der Waals surface area contributed by atoms with Gasteiger partial charge in [0.2, 0.25) is 5.91 Å². The third-order valence-corrected chi connectivity index (χ3v) is 5.67. The topological polar surface area (TPSA) is 122 Å². The van der Waals surface area contributed by atoms with Gasteiger partial charge in [0.05, 0.1) is 17.5 Å². The molecule has 35 heavy (non-hydrogen) atoms. The third-order valence-electron chi connectivity index (χ3n) is 5.43. The number of carbonyl (C=O) groups excluding carboxylic acids is 2. The van der Waals surface area contributed by atoms with Crippen LogP contribution < -0.4 is 5.73 Å². The van der Waals surface area contributed by atoms with Crippen LogP contribution in [0.15, 0.2) is 66.9 Å². The molecule has 0 bridgehead atoms. The highest BCUT2D eigenvalue weighted by Crippen LogP contribution is 2.36. The Kier molecular flexibility index (Phi) is 6.44. The number of rotatable bonds is 6. The summed E-state index contributed by atoms with van der Waals surface area (Å²) < 4.78 is 15.7. The van der Waals surface area contributed by atoms with Crippen molar-refractivity contribution < 1.29 is 24.2 Å². The van der Waals surface area contributed by atoms with Gasteiger partial charge in [-0.25, -0.2) is 9.07 Å². The third kappa shape index (κ3) is 4.67. The molecule has 1 aromatic heterocycles. The summed E-state index contributed by atoms with van der Waals surface area (Å²) in [5, 5.41) is 25.5. The summed E-state index contributed by atoms with van der Waals surface area (Å²) in [7, 11) is 1.48. The minimum Gasteiger partial charge on any atom is -0.507 e. The number of nitrogens with two attached hydrogens (primary N) is 1. The highest BCUT2D eigenvalue weighted by atomic mass is 35.5. The molecule has 0 aliphatic carbocycles. The van der Waals surface area contributed by atoms with E-state index in [-0.39, 0.29) is 34.7 Å². The first-order chi connectivity index (χ1) is 16.7. The van der Waals surface area contributed by atoms with Gasteiger partial charge in [0.25, 0.3) is 5.91 Å². The number of amides is 2. The molecule has 0 radical (unpaired) electrons. The molecule has 178 valence electrons. The van der Waals surface area contributed by atoms with Crippen molar-refractivity contribution in [1.82, 2.24) is 14.7 Å². The Morgan fingerprint density at radius 3 is 2.51 bits per heavy atom. The van der Waals surface area contributed by atoms with E-state index in [1.54, 1.807) is 12.1 Å². The lowest BCUT2D eigenvalue weighted by Crippen LogP contribution is -2.28. The Bertz CT molecular complexity index is 1450. The van der Waals surface area contributed by atoms with Crippen molar-refractivity contribution in [1.29, 1.82) is 0 Å². The lowest BCUT2D eigenvalue weighted by molar-refractivity contribution is 0.0779. The largest absolute Gasteiger partial charge is 0.507 e. The number of aromatic nitrogens is 2. The first-order valence-electron chi connectivity index (χ1n) is 10.4. The van der Waals surface area contributed by atoms with Crippen molar-refractivity contribution >= 4 is 23.4 Å². The highest BCUT2D eigenvalue weighted by molar-refractivity contribution is 6.30. The molecule has 0 aliphatic rings. The lowest BCUT2D eigenvalue weighted by Gasteiger charge is -2.20. The van der Waals surface area contributed by atoms with Gasteiger partial charge < -0.3 is 20.8 Å². The van der Waals surface area contributed by atoms with Crippen LogP contribution in [-0.2, 0) is 6.54 Å². The normalized spacial score (nSPS) is 10.8. The average molecular weight is 495 g/mol. The minimum atomic E-state index is -0.673. The van der Waals surface area contributed by atoms with Crippen molar-refractivity contribution in [2.45, 2.75) is 6.54 Å². The van der Waals surface area contributed by atoms with E-state index < -0.39 is 23.4 Å². The molecule has 4 N–H and O–H groups in total. The van der Waals surface area contributed by atoms with Crippen LogP contribution >= 0.6 is 11.6 Å². The fraction of sp³-hybridized carbons (Fsp3) is 0.0800. The Morgan fingerprint density at radius 2 is 1.80 bits per heavy atom. The molecule has 8 nitrogen and oxygen atoms in total. The number of hydrogen-bond acceptors (Lipinski definition) is 5. The molecule has 0 saturated carbocycles. The van der Waals surface area contributed by atoms with Crippen molar-refractivity contribution in [3.05, 3.63) is 94.4 Å². The number of aromatic hydroxyl groups is 2. The van der Waals surface area contributed by atoms with E-state index in [2.05, 4.69) is 5.10 Å². The number of halogens is 2. The van der Waals surface area contributed by atoms with Gasteiger partial charge in [0, 0.05) is 35.8 Å². The fourth-order valence-electron chi connectivity index (χ4n) is 3.74. The van der Waals surface area contributed by atoms with Crippen LogP contribution in [0.3, 0.4) is 0 Å². The molecular weight excluding hydrogens is 475 g/mol. The van der Waals surface area contributed by atoms with Gasteiger partial charge in [-0.1, -0.05) is 23.7 Å². The van der Waals surface area contributed by atoms with Crippen LogP contribution in [0.25, 0.3) is 16.9 Å². The molecule has 0 fully saturated rings. The van der Waals surface area contributed by atoms with Gasteiger partial charge in [0.1, 0.15) is 23.0 Å². The van der Waals surface area contributed by atoms with E-state index in [0.29, 0.717) is 16.3 Å². The van der Waals surface area contributed by atoms with E-state index in [9.17, 15) is 24.2 Å². The van der Waals surface area contributed by atoms with Gasteiger partial charge in [-0.3, -0.25) is 9.59 Å². The van der Waals surface area contributed by atoms with Gasteiger partial charge >= 0.3 is 0 Å². The number of carbonyl (C=O) groups is 2. The van der Waals surface area contributed by atoms with Gasteiger partial charge in [-0.15, -0.1) is 0 Å². The van der Waals surface area contributed by atoms with Crippen molar-refractivity contribution in [3.8, 4) is 28.4 Å². The van der Waals surface area contributed by atoms with E-state index in [0.717, 1.165) is 6.07 Å². The summed E-state index contributed by atoms with van der Waals surface area (Å²) in [6, 6.07) is 14.4. The molecule has 3 aromatic carbocycles. The van der Waals surface area contributed by atoms with Crippen LogP contribution in [0.4, 0.5) is 4.39 Å². The molecule has 0 aliphatic heterocycles. The summed E-state index contributed by atoms with van der Waals surface area (Å²) in [6.45, 7) is -0.0273. The van der Waals surface area contributed by atoms with E-state index in [1.807, 2.05) is 0 Å². The molecular formula is C25H20ClFN4O4. The molecule has 10 heteroatoms. The minimum absolute atomic E-state index is 0.0273. The first-order valence-corrected chi connectivity index (χ1v) is 10.7. The number of benzene rings is 3. The molecule has 1 heterocycles. The second-order valence-electron chi connectivity index (χ2n) is 7.79. The summed E-state index contributed by atoms with van der Waals surface area (Å²) in [5.74, 6) is -2.59. The zero-order valence-corrected chi connectivity index (χ0v) is 19.2. The van der Waals surface area contributed by atoms with Gasteiger partial charge in [0.15, 0.2) is 0 Å². The average Bonchev–Trinajstić information content (AvgIpc) is 3.28. The van der Waals surface area contributed by atoms with Crippen LogP contribution in [0.2, 0.25) is 5.02 Å². The van der Waals surface area contributed by atoms with E-state index in [4.69, 9.17) is 17.3 Å². The van der Waals surface area contributed by atoms with Gasteiger partial charge in [-0.05, 0) is 48.0 Å². The lowest BCUT2D eigenvalue weighted by atomic mass is 10.0. The number of phenols is 2. The SMILES string of the molecule is CN(Cc1cc(Cl)ccc1C(N)=O)C(=O)c1cc(-c2ccnn2-c2ccccc2F)c(O)cc1O. The van der Waals surface area contributed by atoms with Crippen LogP contribution in [-0.4, -0.2) is 43.8 Å². The Balaban J connectivity index is 1.72. The van der Waals surface area contributed by atoms with Gasteiger partial charge in [-0.2, -0.15) is 5.10 Å². The summed E-state index contributed by atoms with van der Waals surface area (Å²) in [5.41, 5.74) is 6.54. The smallest absolute Gasteiger partial charge is 0.257 e. The summed E-state index contributed by atoms with van der Waals surface area (Å²) in [4.78, 5) is 26.3. The highest BCUT2D eigenvalue weighted by Gasteiger charge is 2.23. The molecule has 0 atom stereocenters. The molecule has 0 spiro atoms. The number of phenolic OH excluding ortho intramolecular Hbond substituents is 2. The first kappa shape index (κ1) is 23.8. The summed E-state index contributed by atoms with van der Waals surface area (Å²) >= 11 is 6.04. The maximum absolute atomic E-state index is 14.4. The molecule has 0 saturated heterocycles. The number of para-hydroxylation sites is 1. The molecule has 4 aromatic rings. The molecule has 2 amide bonds. The fourth-order valence-corrected chi connectivity index (χ4v) is 3.94. The summed E-state index contributed by atoms with van der Waals surface area (Å²) in [6.07, 6.45) is 1.42. The number of primary amides is 1. The Morgan fingerprint density at radius 1 is 1.06 bits per heavy atom. The van der Waals surface area contributed by atoms with Crippen molar-refractivity contribution in [2.24, 2.45) is 5.73 Å². The number of hydrogen-bond donors (Lipinski definition) is 3. The Hall–Kier alpha value is -4.37. The van der Waals surface area contributed by atoms with Crippen molar-refractivity contribution in [3.63, 3.8) is 0 Å². The van der Waals surface area contributed by atoms with Crippen molar-refractivity contribution in [2.75, 3.05) is 7.05 Å². The van der Waals surface area contributed by atoms with E-state index in [1.165, 1.54) is 65.3 Å². The second-order valence-corrected chi connectivity index (χ2v) is 8.23. The predicted octanol–water partition coefficient (Wildman–Crippen LogP) is 4.11. The van der Waals surface area contributed by atoms with Crippen LogP contribution in [0.1, 0.15) is 26.3 Å². The predicted molar refractivity (Wildman–Crippen MR) is 128 cm³/mol. The van der Waals surface area contributed by atoms with Crippen LogP contribution in [0.5, 0.6) is 11.5 Å². The second kappa shape index (κ2) is 9.47. The van der Waals surface area contributed by atoms with E-state index >= 15 is 0 Å². The zero-order chi connectivity index (χ0) is 25.3. The maximum atomic E-state index is 14.4. The quantitative estimate of drug-likeness (QED) is 0.372. The number of nitrogens with zero attached hydrogens (tertiary/aromatic N) is 3.